The maximum absolute atomic E-state index is 13.1. The molecule has 0 saturated carbocycles. The maximum Gasteiger partial charge on any atom is 0.481 e. The highest BCUT2D eigenvalue weighted by Crippen LogP contribution is 2.38. The fourth-order valence-electron chi connectivity index (χ4n) is 4.75. The third kappa shape index (κ3) is 6.19. The van der Waals surface area contributed by atoms with Gasteiger partial charge in [-0.2, -0.15) is 0 Å². The molecule has 3 atom stereocenters. The first-order chi connectivity index (χ1) is 16.4. The van der Waals surface area contributed by atoms with Crippen molar-refractivity contribution in [1.29, 1.82) is 0 Å². The molecule has 1 aromatic carbocycles. The van der Waals surface area contributed by atoms with Crippen LogP contribution >= 0.6 is 0 Å². The lowest BCUT2D eigenvalue weighted by molar-refractivity contribution is -0.132. The molecule has 0 spiro atoms. The van der Waals surface area contributed by atoms with Gasteiger partial charge in [-0.05, 0) is 76.5 Å². The number of carbonyl (C=O) groups is 2. The number of rotatable bonds is 9. The largest absolute Gasteiger partial charge is 0.496 e. The molecule has 1 aromatic rings. The second kappa shape index (κ2) is 10.9. The Kier molecular flexibility index (Phi) is 8.55. The molecule has 0 radical (unpaired) electrons. The molecule has 3 rings (SSSR count). The molecule has 2 aliphatic rings. The summed E-state index contributed by atoms with van der Waals surface area (Å²) >= 11 is 0. The zero-order chi connectivity index (χ0) is 26.0. The Hall–Kier alpha value is -2.10. The third-order valence-electron chi connectivity index (χ3n) is 7.50. The van der Waals surface area contributed by atoms with E-state index in [1.54, 1.807) is 7.11 Å². The van der Waals surface area contributed by atoms with E-state index in [-0.39, 0.29) is 17.7 Å². The van der Waals surface area contributed by atoms with E-state index in [0.29, 0.717) is 19.3 Å². The van der Waals surface area contributed by atoms with Crippen LogP contribution in [0.4, 0.5) is 0 Å². The number of hydrogen-bond acceptors (Lipinski definition) is 6. The predicted octanol–water partition coefficient (Wildman–Crippen LogP) is 2.44. The molecule has 1 aliphatic carbocycles. The minimum atomic E-state index is -1.05. The van der Waals surface area contributed by atoms with E-state index in [1.165, 1.54) is 0 Å². The topological polar surface area (TPSA) is 106 Å². The molecule has 1 saturated heterocycles. The number of nitrogens with one attached hydrogen (secondary N) is 2. The van der Waals surface area contributed by atoms with Gasteiger partial charge in [0.1, 0.15) is 11.8 Å². The lowest BCUT2D eigenvalue weighted by Gasteiger charge is -2.32. The van der Waals surface area contributed by atoms with Crippen molar-refractivity contribution >= 4 is 18.9 Å². The van der Waals surface area contributed by atoms with Gasteiger partial charge in [-0.1, -0.05) is 26.0 Å². The molecule has 35 heavy (non-hydrogen) atoms. The molecule has 1 aliphatic heterocycles. The van der Waals surface area contributed by atoms with Gasteiger partial charge in [-0.3, -0.25) is 9.59 Å². The molecular weight excluding hydrogens is 447 g/mol. The van der Waals surface area contributed by atoms with Crippen LogP contribution in [0.3, 0.4) is 0 Å². The highest BCUT2D eigenvalue weighted by Gasteiger charge is 2.54. The summed E-state index contributed by atoms with van der Waals surface area (Å²) in [5, 5.41) is 15.7. The lowest BCUT2D eigenvalue weighted by atomic mass is 9.74. The van der Waals surface area contributed by atoms with Crippen molar-refractivity contribution in [2.24, 2.45) is 11.8 Å². The monoisotopic (exact) mass is 488 g/mol. The van der Waals surface area contributed by atoms with Crippen LogP contribution in [0.2, 0.25) is 0 Å². The number of ether oxygens (including phenoxy) is 1. The van der Waals surface area contributed by atoms with E-state index < -0.39 is 42.8 Å². The summed E-state index contributed by atoms with van der Waals surface area (Å²) in [5.74, 6) is -0.244. The molecule has 3 N–H and O–H groups in total. The van der Waals surface area contributed by atoms with Gasteiger partial charge in [0, 0.05) is 5.92 Å². The zero-order valence-corrected chi connectivity index (χ0v) is 22.1. The van der Waals surface area contributed by atoms with Crippen LogP contribution in [0.15, 0.2) is 18.2 Å². The Balaban J connectivity index is 1.65. The first kappa shape index (κ1) is 27.5. The zero-order valence-electron chi connectivity index (χ0n) is 22.1. The summed E-state index contributed by atoms with van der Waals surface area (Å²) in [7, 11) is 1.03. The molecule has 1 heterocycles. The predicted molar refractivity (Wildman–Crippen MR) is 135 cm³/mol. The summed E-state index contributed by atoms with van der Waals surface area (Å²) in [4.78, 5) is 26.2. The fraction of sp³-hybridized carbons (Fsp3) is 0.692. The molecule has 9 heteroatoms. The van der Waals surface area contributed by atoms with Crippen LogP contribution in [0.1, 0.15) is 65.5 Å². The van der Waals surface area contributed by atoms with Crippen molar-refractivity contribution in [2.45, 2.75) is 90.4 Å². The summed E-state index contributed by atoms with van der Waals surface area (Å²) in [6.45, 7) is 11.5. The molecule has 2 amide bonds. The van der Waals surface area contributed by atoms with Gasteiger partial charge in [0.2, 0.25) is 11.8 Å². The van der Waals surface area contributed by atoms with E-state index in [1.807, 2.05) is 45.9 Å². The standard InChI is InChI=1S/C26H41BN2O6/c1-16(2)13-22(27-34-25(3,4)26(5,6)35-27)29-24(32)20(15-30)28-23(31)18-11-12-19-17(14-18)9-8-10-21(19)33-7/h8-10,16,18,20,22,30H,11-15H2,1-7H3,(H,28,31)(H,29,32)/t18?,20-,22?/m0/s1. The highest BCUT2D eigenvalue weighted by atomic mass is 16.7. The molecule has 194 valence electrons. The Morgan fingerprint density at radius 2 is 1.83 bits per heavy atom. The minimum Gasteiger partial charge on any atom is -0.496 e. The van der Waals surface area contributed by atoms with Gasteiger partial charge in [0.15, 0.2) is 0 Å². The third-order valence-corrected chi connectivity index (χ3v) is 7.50. The van der Waals surface area contributed by atoms with Crippen molar-refractivity contribution in [3.8, 4) is 5.75 Å². The van der Waals surface area contributed by atoms with Crippen molar-refractivity contribution < 1.29 is 28.7 Å². The van der Waals surface area contributed by atoms with Gasteiger partial charge >= 0.3 is 7.12 Å². The maximum atomic E-state index is 13.1. The molecule has 0 bridgehead atoms. The van der Waals surface area contributed by atoms with Gasteiger partial charge in [0.25, 0.3) is 0 Å². The minimum absolute atomic E-state index is 0.233. The van der Waals surface area contributed by atoms with E-state index in [2.05, 4.69) is 24.5 Å². The molecule has 8 nitrogen and oxygen atoms in total. The number of amides is 2. The van der Waals surface area contributed by atoms with Crippen molar-refractivity contribution in [3.63, 3.8) is 0 Å². The quantitative estimate of drug-likeness (QED) is 0.461. The summed E-state index contributed by atoms with van der Waals surface area (Å²) in [6, 6.07) is 4.81. The molecular formula is C26H41BN2O6. The van der Waals surface area contributed by atoms with Crippen LogP contribution in [0, 0.1) is 11.8 Å². The highest BCUT2D eigenvalue weighted by molar-refractivity contribution is 6.48. The number of hydrogen-bond donors (Lipinski definition) is 3. The molecule has 0 aromatic heterocycles. The number of aliphatic hydroxyl groups is 1. The Labute approximate surface area is 209 Å². The van der Waals surface area contributed by atoms with Crippen LogP contribution in [0.25, 0.3) is 0 Å². The summed E-state index contributed by atoms with van der Waals surface area (Å²) < 4.78 is 17.8. The summed E-state index contributed by atoms with van der Waals surface area (Å²) in [5.41, 5.74) is 1.16. The van der Waals surface area contributed by atoms with E-state index in [9.17, 15) is 14.7 Å². The van der Waals surface area contributed by atoms with Gasteiger partial charge in [-0.15, -0.1) is 0 Å². The van der Waals surface area contributed by atoms with Gasteiger partial charge in [-0.25, -0.2) is 0 Å². The number of fused-ring (bicyclic) bond motifs is 1. The Morgan fingerprint density at radius 1 is 1.17 bits per heavy atom. The van der Waals surface area contributed by atoms with E-state index in [4.69, 9.17) is 14.0 Å². The van der Waals surface area contributed by atoms with E-state index >= 15 is 0 Å². The van der Waals surface area contributed by atoms with Crippen LogP contribution < -0.4 is 15.4 Å². The van der Waals surface area contributed by atoms with Crippen LogP contribution in [0.5, 0.6) is 5.75 Å². The normalized spacial score (nSPS) is 22.3. The Bertz CT molecular complexity index is 903. The first-order valence-corrected chi connectivity index (χ1v) is 12.6. The number of methoxy groups -OCH3 is 1. The molecule has 1 fully saturated rings. The average Bonchev–Trinajstić information content (AvgIpc) is 3.02. The summed E-state index contributed by atoms with van der Waals surface area (Å²) in [6.07, 6.45) is 2.59. The number of aliphatic hydroxyl groups excluding tert-OH is 1. The number of benzene rings is 1. The smallest absolute Gasteiger partial charge is 0.481 e. The average molecular weight is 488 g/mol. The Morgan fingerprint density at radius 3 is 2.40 bits per heavy atom. The van der Waals surface area contributed by atoms with Crippen molar-refractivity contribution in [1.82, 2.24) is 10.6 Å². The van der Waals surface area contributed by atoms with Crippen LogP contribution in [-0.2, 0) is 31.7 Å². The van der Waals surface area contributed by atoms with Gasteiger partial charge < -0.3 is 29.8 Å². The number of carbonyl (C=O) groups excluding carboxylic acids is 2. The van der Waals surface area contributed by atoms with Crippen molar-refractivity contribution in [3.05, 3.63) is 29.3 Å². The SMILES string of the molecule is COc1cccc2c1CCC(C(=O)N[C@@H](CO)C(=O)NC(CC(C)C)B1OC(C)(C)C(C)(C)O1)C2. The van der Waals surface area contributed by atoms with Gasteiger partial charge in [0.05, 0.1) is 30.9 Å². The second-order valence-electron chi connectivity index (χ2n) is 11.2. The molecule has 2 unspecified atom stereocenters. The first-order valence-electron chi connectivity index (χ1n) is 12.6. The fourth-order valence-corrected chi connectivity index (χ4v) is 4.75. The van der Waals surface area contributed by atoms with Crippen molar-refractivity contribution in [2.75, 3.05) is 13.7 Å². The second-order valence-corrected chi connectivity index (χ2v) is 11.2. The lowest BCUT2D eigenvalue weighted by Crippen LogP contribution is -2.56. The van der Waals surface area contributed by atoms with E-state index in [0.717, 1.165) is 23.3 Å². The van der Waals surface area contributed by atoms with Crippen LogP contribution in [-0.4, -0.2) is 60.9 Å².